The van der Waals surface area contributed by atoms with E-state index in [-0.39, 0.29) is 28.7 Å². The first-order valence-electron chi connectivity index (χ1n) is 11.0. The van der Waals surface area contributed by atoms with Crippen LogP contribution in [0.5, 0.6) is 28.7 Å². The Morgan fingerprint density at radius 1 is 0.471 bits per heavy atom. The van der Waals surface area contributed by atoms with Crippen LogP contribution in [0.25, 0.3) is 21.5 Å². The molecular weight excluding hydrogens is 428 g/mol. The Balaban J connectivity index is 1.51. The van der Waals surface area contributed by atoms with E-state index in [4.69, 9.17) is 0 Å². The van der Waals surface area contributed by atoms with Crippen molar-refractivity contribution < 1.29 is 25.5 Å². The molecule has 0 saturated heterocycles. The highest BCUT2D eigenvalue weighted by Gasteiger charge is 2.16. The van der Waals surface area contributed by atoms with Crippen molar-refractivity contribution in [1.29, 1.82) is 0 Å². The monoisotopic (exact) mass is 452 g/mol. The molecule has 5 rings (SSSR count). The van der Waals surface area contributed by atoms with Gasteiger partial charge in [-0.05, 0) is 76.3 Å². The minimum atomic E-state index is 0.121. The highest BCUT2D eigenvalue weighted by molar-refractivity contribution is 5.91. The van der Waals surface area contributed by atoms with Crippen molar-refractivity contribution in [2.75, 3.05) is 0 Å². The molecule has 0 spiro atoms. The van der Waals surface area contributed by atoms with Crippen molar-refractivity contribution in [2.24, 2.45) is 0 Å². The molecule has 5 aromatic carbocycles. The second-order valence-corrected chi connectivity index (χ2v) is 8.74. The molecular formula is C29H24O5. The van der Waals surface area contributed by atoms with E-state index in [1.54, 1.807) is 36.4 Å². The van der Waals surface area contributed by atoms with Crippen LogP contribution in [0, 0.1) is 6.92 Å². The summed E-state index contributed by atoms with van der Waals surface area (Å²) in [5.41, 5.74) is 3.64. The van der Waals surface area contributed by atoms with Crippen LogP contribution in [0.1, 0.15) is 27.8 Å². The number of phenols is 5. The molecule has 5 nitrogen and oxygen atoms in total. The van der Waals surface area contributed by atoms with Gasteiger partial charge in [0.05, 0.1) is 0 Å². The third kappa shape index (κ3) is 3.82. The van der Waals surface area contributed by atoms with E-state index in [1.165, 1.54) is 12.1 Å². The molecule has 0 amide bonds. The summed E-state index contributed by atoms with van der Waals surface area (Å²) >= 11 is 0. The van der Waals surface area contributed by atoms with Gasteiger partial charge in [0.2, 0.25) is 0 Å². The summed E-state index contributed by atoms with van der Waals surface area (Å²) in [7, 11) is 0. The predicted molar refractivity (Wildman–Crippen MR) is 133 cm³/mol. The fourth-order valence-corrected chi connectivity index (χ4v) is 4.59. The Morgan fingerprint density at radius 2 is 0.912 bits per heavy atom. The van der Waals surface area contributed by atoms with E-state index in [9.17, 15) is 25.5 Å². The normalized spacial score (nSPS) is 11.3. The molecule has 0 saturated carbocycles. The number of phenolic OH excluding ortho intramolecular Hbond substituents is 5. The van der Waals surface area contributed by atoms with E-state index < -0.39 is 0 Å². The Morgan fingerprint density at radius 3 is 1.35 bits per heavy atom. The smallest absolute Gasteiger partial charge is 0.126 e. The van der Waals surface area contributed by atoms with Gasteiger partial charge < -0.3 is 25.5 Å². The molecule has 0 fully saturated rings. The summed E-state index contributed by atoms with van der Waals surface area (Å²) in [5, 5.41) is 54.8. The molecule has 0 unspecified atom stereocenters. The number of hydrogen-bond donors (Lipinski definition) is 5. The first-order chi connectivity index (χ1) is 16.3. The van der Waals surface area contributed by atoms with Gasteiger partial charge in [-0.2, -0.15) is 0 Å². The van der Waals surface area contributed by atoms with E-state index in [1.807, 2.05) is 31.2 Å². The third-order valence-electron chi connectivity index (χ3n) is 6.29. The standard InChI is InChI=1S/C29H24O5/c1-16-10-21(12-19-4-2-17-14-23(30)6-8-25(17)28(19)33)27(32)22(11-16)13-20-5-3-18-15-24(31)7-9-26(18)29(20)34/h2-11,14-15,30-34H,12-13H2,1H3. The molecule has 5 aromatic rings. The maximum Gasteiger partial charge on any atom is 0.126 e. The number of rotatable bonds is 4. The number of aromatic hydroxyl groups is 5. The molecule has 0 aromatic heterocycles. The van der Waals surface area contributed by atoms with Crippen LogP contribution in [0.15, 0.2) is 72.8 Å². The largest absolute Gasteiger partial charge is 0.508 e. The highest BCUT2D eigenvalue weighted by Crippen LogP contribution is 2.37. The maximum absolute atomic E-state index is 11.1. The first kappa shape index (κ1) is 21.5. The Hall–Kier alpha value is -4.38. The summed E-state index contributed by atoms with van der Waals surface area (Å²) in [6.07, 6.45) is 0.651. The average Bonchev–Trinajstić information content (AvgIpc) is 2.80. The molecule has 0 aliphatic rings. The van der Waals surface area contributed by atoms with Crippen molar-refractivity contribution in [2.45, 2.75) is 19.8 Å². The van der Waals surface area contributed by atoms with Crippen LogP contribution in [0.4, 0.5) is 0 Å². The van der Waals surface area contributed by atoms with Crippen molar-refractivity contribution in [1.82, 2.24) is 0 Å². The lowest BCUT2D eigenvalue weighted by molar-refractivity contribution is 0.458. The van der Waals surface area contributed by atoms with Crippen molar-refractivity contribution >= 4 is 21.5 Å². The lowest BCUT2D eigenvalue weighted by atomic mass is 9.93. The molecule has 5 heteroatoms. The molecule has 0 atom stereocenters. The fourth-order valence-electron chi connectivity index (χ4n) is 4.59. The highest BCUT2D eigenvalue weighted by atomic mass is 16.3. The number of fused-ring (bicyclic) bond motifs is 2. The summed E-state index contributed by atoms with van der Waals surface area (Å²) in [6.45, 7) is 1.94. The zero-order valence-corrected chi connectivity index (χ0v) is 18.6. The van der Waals surface area contributed by atoms with Crippen LogP contribution in [-0.4, -0.2) is 25.5 Å². The second-order valence-electron chi connectivity index (χ2n) is 8.74. The van der Waals surface area contributed by atoms with E-state index >= 15 is 0 Å². The van der Waals surface area contributed by atoms with Gasteiger partial charge in [0, 0.05) is 23.6 Å². The minimum absolute atomic E-state index is 0.121. The van der Waals surface area contributed by atoms with Gasteiger partial charge in [-0.15, -0.1) is 0 Å². The number of benzene rings is 5. The summed E-state index contributed by atoms with van der Waals surface area (Å²) in [6, 6.07) is 20.6. The molecule has 0 heterocycles. The average molecular weight is 453 g/mol. The molecule has 0 aliphatic heterocycles. The van der Waals surface area contributed by atoms with Crippen LogP contribution in [-0.2, 0) is 12.8 Å². The van der Waals surface area contributed by atoms with Crippen LogP contribution in [0.2, 0.25) is 0 Å². The SMILES string of the molecule is Cc1cc(Cc2ccc3cc(O)ccc3c2O)c(O)c(Cc2ccc3cc(O)ccc3c2O)c1. The van der Waals surface area contributed by atoms with Crippen LogP contribution < -0.4 is 0 Å². The van der Waals surface area contributed by atoms with E-state index in [2.05, 4.69) is 0 Å². The summed E-state index contributed by atoms with van der Waals surface area (Å²) in [5.74, 6) is 0.635. The topological polar surface area (TPSA) is 101 Å². The zero-order chi connectivity index (χ0) is 24.0. The van der Waals surface area contributed by atoms with Crippen LogP contribution in [0.3, 0.4) is 0 Å². The van der Waals surface area contributed by atoms with E-state index in [0.717, 1.165) is 16.3 Å². The number of hydrogen-bond acceptors (Lipinski definition) is 5. The lowest BCUT2D eigenvalue weighted by Crippen LogP contribution is -1.97. The van der Waals surface area contributed by atoms with Gasteiger partial charge in [0.1, 0.15) is 28.7 Å². The van der Waals surface area contributed by atoms with E-state index in [0.29, 0.717) is 45.9 Å². The quantitative estimate of drug-likeness (QED) is 0.230. The number of aryl methyl sites for hydroxylation is 1. The molecule has 0 bridgehead atoms. The summed E-state index contributed by atoms with van der Waals surface area (Å²) < 4.78 is 0. The molecule has 34 heavy (non-hydrogen) atoms. The Bertz CT molecular complexity index is 1450. The maximum atomic E-state index is 11.1. The van der Waals surface area contributed by atoms with Gasteiger partial charge in [0.25, 0.3) is 0 Å². The van der Waals surface area contributed by atoms with Gasteiger partial charge in [-0.25, -0.2) is 0 Å². The van der Waals surface area contributed by atoms with Gasteiger partial charge >= 0.3 is 0 Å². The fraction of sp³-hybridized carbons (Fsp3) is 0.103. The molecule has 170 valence electrons. The van der Waals surface area contributed by atoms with Crippen molar-refractivity contribution in [3.05, 3.63) is 101 Å². The Kier molecular flexibility index (Phi) is 5.17. The van der Waals surface area contributed by atoms with Gasteiger partial charge in [-0.3, -0.25) is 0 Å². The van der Waals surface area contributed by atoms with Gasteiger partial charge in [0.15, 0.2) is 0 Å². The second kappa shape index (κ2) is 8.19. The summed E-state index contributed by atoms with van der Waals surface area (Å²) in [4.78, 5) is 0. The van der Waals surface area contributed by atoms with Crippen molar-refractivity contribution in [3.63, 3.8) is 0 Å². The molecule has 5 N–H and O–H groups in total. The first-order valence-corrected chi connectivity index (χ1v) is 11.0. The predicted octanol–water partition coefficient (Wildman–Crippen LogP) is 6.01. The molecule has 0 aliphatic carbocycles. The zero-order valence-electron chi connectivity index (χ0n) is 18.6. The van der Waals surface area contributed by atoms with Gasteiger partial charge in [-0.1, -0.05) is 42.0 Å². The third-order valence-corrected chi connectivity index (χ3v) is 6.29. The Labute approximate surface area is 196 Å². The lowest BCUT2D eigenvalue weighted by Gasteiger charge is -2.15. The molecule has 0 radical (unpaired) electrons. The van der Waals surface area contributed by atoms with Crippen molar-refractivity contribution in [3.8, 4) is 28.7 Å². The van der Waals surface area contributed by atoms with Crippen LogP contribution >= 0.6 is 0 Å². The minimum Gasteiger partial charge on any atom is -0.508 e.